The topological polar surface area (TPSA) is 47.7 Å². The third-order valence-electron chi connectivity index (χ3n) is 2.77. The maximum Gasteiger partial charge on any atom is 0.408 e. The molecule has 0 aliphatic heterocycles. The average Bonchev–Trinajstić information content (AvgIpc) is 2.97. The van der Waals surface area contributed by atoms with Gasteiger partial charge in [0.2, 0.25) is 0 Å². The lowest BCUT2D eigenvalue weighted by molar-refractivity contribution is -0.143. The van der Waals surface area contributed by atoms with E-state index >= 15 is 0 Å². The Morgan fingerprint density at radius 3 is 2.70 bits per heavy atom. The van der Waals surface area contributed by atoms with Crippen molar-refractivity contribution in [2.45, 2.75) is 39.3 Å². The van der Waals surface area contributed by atoms with E-state index in [1.54, 1.807) is 10.7 Å². The zero-order valence-corrected chi connectivity index (χ0v) is 11.1. The Kier molecular flexibility index (Phi) is 4.43. The molecule has 1 N–H and O–H groups in total. The molecule has 0 bridgehead atoms. The first kappa shape index (κ1) is 14.6. The van der Waals surface area contributed by atoms with Gasteiger partial charge < -0.3 is 5.32 Å². The summed E-state index contributed by atoms with van der Waals surface area (Å²) >= 11 is 0. The number of nitrogens with one attached hydrogen (secondary N) is 1. The molecule has 2 aromatic heterocycles. The fourth-order valence-corrected chi connectivity index (χ4v) is 1.82. The summed E-state index contributed by atoms with van der Waals surface area (Å²) in [7, 11) is 0. The highest BCUT2D eigenvalue weighted by Crippen LogP contribution is 2.17. The van der Waals surface area contributed by atoms with Crippen molar-refractivity contribution in [3.63, 3.8) is 0 Å². The first-order valence-corrected chi connectivity index (χ1v) is 6.28. The second-order valence-electron chi connectivity index (χ2n) is 4.36. The highest BCUT2D eigenvalue weighted by Gasteiger charge is 2.29. The smallest absolute Gasteiger partial charge is 0.305 e. The molecule has 0 atom stereocenters. The molecule has 2 rings (SSSR count). The molecule has 0 aliphatic carbocycles. The Balaban J connectivity index is 1.86. The molecule has 0 aromatic carbocycles. The Labute approximate surface area is 114 Å². The van der Waals surface area contributed by atoms with E-state index in [1.165, 1.54) is 6.20 Å². The maximum absolute atomic E-state index is 12.3. The van der Waals surface area contributed by atoms with Crippen molar-refractivity contribution < 1.29 is 13.2 Å². The van der Waals surface area contributed by atoms with Crippen LogP contribution in [0.1, 0.15) is 18.3 Å². The highest BCUT2D eigenvalue weighted by atomic mass is 19.4. The molecule has 2 aromatic rings. The van der Waals surface area contributed by atoms with Crippen molar-refractivity contribution in [3.05, 3.63) is 35.9 Å². The molecule has 20 heavy (non-hydrogen) atoms. The van der Waals surface area contributed by atoms with Crippen molar-refractivity contribution in [1.82, 2.24) is 24.9 Å². The van der Waals surface area contributed by atoms with E-state index in [2.05, 4.69) is 15.5 Å². The van der Waals surface area contributed by atoms with Crippen molar-refractivity contribution in [2.24, 2.45) is 0 Å². The van der Waals surface area contributed by atoms with Gasteiger partial charge in [0.05, 0.1) is 11.4 Å². The summed E-state index contributed by atoms with van der Waals surface area (Å²) in [5, 5.41) is 11.0. The van der Waals surface area contributed by atoms with E-state index < -0.39 is 12.7 Å². The summed E-state index contributed by atoms with van der Waals surface area (Å²) in [5.74, 6) is 0. The molecule has 110 valence electrons. The van der Waals surface area contributed by atoms with Crippen molar-refractivity contribution >= 4 is 0 Å². The second kappa shape index (κ2) is 6.08. The lowest BCUT2D eigenvalue weighted by Crippen LogP contribution is -2.23. The van der Waals surface area contributed by atoms with Gasteiger partial charge in [-0.25, -0.2) is 0 Å². The summed E-state index contributed by atoms with van der Waals surface area (Å²) in [6, 6.07) is 3.45. The summed E-state index contributed by atoms with van der Waals surface area (Å²) in [5.41, 5.74) is 1.35. The molecule has 0 spiro atoms. The van der Waals surface area contributed by atoms with Crippen LogP contribution < -0.4 is 5.32 Å². The maximum atomic E-state index is 12.3. The van der Waals surface area contributed by atoms with E-state index in [-0.39, 0.29) is 0 Å². The summed E-state index contributed by atoms with van der Waals surface area (Å²) in [6.07, 6.45) is -1.03. The average molecular weight is 287 g/mol. The summed E-state index contributed by atoms with van der Waals surface area (Å²) in [4.78, 5) is 0. The van der Waals surface area contributed by atoms with Crippen LogP contribution in [-0.2, 0) is 26.2 Å². The number of hydrogen-bond acceptors (Lipinski definition) is 3. The molecule has 0 saturated heterocycles. The van der Waals surface area contributed by atoms with Crippen LogP contribution in [0.3, 0.4) is 0 Å². The van der Waals surface area contributed by atoms with Gasteiger partial charge in [-0.2, -0.15) is 23.4 Å². The molecule has 8 heteroatoms. The van der Waals surface area contributed by atoms with E-state index in [0.29, 0.717) is 18.8 Å². The Morgan fingerprint density at radius 2 is 2.05 bits per heavy atom. The molecule has 0 unspecified atom stereocenters. The fraction of sp³-hybridized carbons (Fsp3) is 0.500. The van der Waals surface area contributed by atoms with Crippen molar-refractivity contribution in [3.8, 4) is 0 Å². The number of hydrogen-bond donors (Lipinski definition) is 1. The predicted octanol–water partition coefficient (Wildman–Crippen LogP) is 1.95. The third kappa shape index (κ3) is 4.09. The van der Waals surface area contributed by atoms with E-state index in [1.807, 2.05) is 19.2 Å². The fourth-order valence-electron chi connectivity index (χ4n) is 1.82. The van der Waals surface area contributed by atoms with Crippen LogP contribution >= 0.6 is 0 Å². The molecule has 0 fully saturated rings. The van der Waals surface area contributed by atoms with Crippen LogP contribution in [0, 0.1) is 0 Å². The Hall–Kier alpha value is -1.83. The normalized spacial score (nSPS) is 12.0. The lowest BCUT2D eigenvalue weighted by atomic mass is 10.4. The van der Waals surface area contributed by atoms with Crippen LogP contribution in [0.25, 0.3) is 0 Å². The third-order valence-corrected chi connectivity index (χ3v) is 2.77. The van der Waals surface area contributed by atoms with Crippen LogP contribution in [-0.4, -0.2) is 25.7 Å². The van der Waals surface area contributed by atoms with Gasteiger partial charge in [-0.3, -0.25) is 9.36 Å². The van der Waals surface area contributed by atoms with E-state index in [4.69, 9.17) is 0 Å². The first-order valence-electron chi connectivity index (χ1n) is 6.28. The Morgan fingerprint density at radius 1 is 1.25 bits per heavy atom. The molecule has 0 amide bonds. The van der Waals surface area contributed by atoms with Crippen molar-refractivity contribution in [2.75, 3.05) is 0 Å². The molecule has 0 radical (unpaired) electrons. The number of aryl methyl sites for hydroxylation is 1. The van der Waals surface area contributed by atoms with Crippen molar-refractivity contribution in [1.29, 1.82) is 0 Å². The number of halogens is 3. The minimum Gasteiger partial charge on any atom is -0.305 e. The van der Waals surface area contributed by atoms with Crippen LogP contribution in [0.4, 0.5) is 13.2 Å². The van der Waals surface area contributed by atoms with Gasteiger partial charge in [0.25, 0.3) is 0 Å². The lowest BCUT2D eigenvalue weighted by Gasteiger charge is -2.10. The molecular weight excluding hydrogens is 271 g/mol. The summed E-state index contributed by atoms with van der Waals surface area (Å²) in [6.45, 7) is 2.53. The van der Waals surface area contributed by atoms with Gasteiger partial charge in [-0.05, 0) is 19.1 Å². The van der Waals surface area contributed by atoms with Gasteiger partial charge in [-0.1, -0.05) is 0 Å². The van der Waals surface area contributed by atoms with Crippen LogP contribution in [0.5, 0.6) is 0 Å². The molecule has 2 heterocycles. The second-order valence-corrected chi connectivity index (χ2v) is 4.36. The predicted molar refractivity (Wildman–Crippen MR) is 66.7 cm³/mol. The van der Waals surface area contributed by atoms with E-state index in [0.717, 1.165) is 16.9 Å². The minimum absolute atomic E-state index is 0.315. The largest absolute Gasteiger partial charge is 0.408 e. The number of nitrogens with zero attached hydrogens (tertiary/aromatic N) is 4. The summed E-state index contributed by atoms with van der Waals surface area (Å²) < 4.78 is 39.8. The van der Waals surface area contributed by atoms with E-state index in [9.17, 15) is 13.2 Å². The highest BCUT2D eigenvalue weighted by molar-refractivity contribution is 5.02. The van der Waals surface area contributed by atoms with Gasteiger partial charge >= 0.3 is 6.18 Å². The van der Waals surface area contributed by atoms with Crippen LogP contribution in [0.15, 0.2) is 24.5 Å². The quantitative estimate of drug-likeness (QED) is 0.883. The molecular formula is C12H16F3N5. The van der Waals surface area contributed by atoms with Gasteiger partial charge in [0.1, 0.15) is 6.54 Å². The number of aromatic nitrogens is 4. The standard InChI is InChI=1S/C12H16F3N5/c1-2-19-6-4-10(18-19)7-16-8-11-3-5-17-20(11)9-12(13,14)15/h3-6,16H,2,7-9H2,1H3. The SMILES string of the molecule is CCn1ccc(CNCc2ccnn2CC(F)(F)F)n1. The number of alkyl halides is 3. The number of rotatable bonds is 6. The zero-order valence-electron chi connectivity index (χ0n) is 11.1. The van der Waals surface area contributed by atoms with Gasteiger partial charge in [0, 0.05) is 32.0 Å². The molecule has 0 aliphatic rings. The molecule has 5 nitrogen and oxygen atoms in total. The zero-order chi connectivity index (χ0) is 14.6. The first-order chi connectivity index (χ1) is 9.48. The van der Waals surface area contributed by atoms with Gasteiger partial charge in [0.15, 0.2) is 0 Å². The monoisotopic (exact) mass is 287 g/mol. The Bertz CT molecular complexity index is 543. The molecule has 0 saturated carbocycles. The van der Waals surface area contributed by atoms with Gasteiger partial charge in [-0.15, -0.1) is 0 Å². The van der Waals surface area contributed by atoms with Crippen LogP contribution in [0.2, 0.25) is 0 Å². The minimum atomic E-state index is -4.26.